The fourth-order valence-electron chi connectivity index (χ4n) is 1.47. The van der Waals surface area contributed by atoms with Crippen LogP contribution in [-0.4, -0.2) is 0 Å². The molecule has 2 nitrogen and oxygen atoms in total. The van der Waals surface area contributed by atoms with E-state index in [4.69, 9.17) is 5.26 Å². The van der Waals surface area contributed by atoms with Crippen LogP contribution in [0.2, 0.25) is 0 Å². The summed E-state index contributed by atoms with van der Waals surface area (Å²) < 4.78 is 65.4. The van der Waals surface area contributed by atoms with Crippen molar-refractivity contribution >= 4 is 17.0 Å². The molecule has 0 radical (unpaired) electrons. The van der Waals surface area contributed by atoms with Crippen LogP contribution in [0.5, 0.6) is 0 Å². The first-order valence-electron chi connectivity index (χ1n) is 5.18. The van der Waals surface area contributed by atoms with Crippen molar-refractivity contribution in [3.05, 3.63) is 51.0 Å². The molecule has 0 fully saturated rings. The van der Waals surface area contributed by atoms with Crippen molar-refractivity contribution in [1.29, 1.82) is 5.26 Å². The molecule has 1 heterocycles. The van der Waals surface area contributed by atoms with Gasteiger partial charge in [0.1, 0.15) is 11.8 Å². The predicted octanol–water partition coefficient (Wildman–Crippen LogP) is 3.93. The van der Waals surface area contributed by atoms with E-state index in [1.807, 2.05) is 6.07 Å². The zero-order chi connectivity index (χ0) is 14.9. The fraction of sp³-hybridized carbons (Fsp3) is 0.0833. The Morgan fingerprint density at radius 2 is 1.55 bits per heavy atom. The van der Waals surface area contributed by atoms with Gasteiger partial charge in [-0.05, 0) is 6.07 Å². The van der Waals surface area contributed by atoms with Crippen molar-refractivity contribution in [2.24, 2.45) is 0 Å². The van der Waals surface area contributed by atoms with Crippen LogP contribution < -0.4 is 5.32 Å². The van der Waals surface area contributed by atoms with Gasteiger partial charge in [-0.15, -0.1) is 11.3 Å². The Hall–Kier alpha value is -2.14. The summed E-state index contributed by atoms with van der Waals surface area (Å²) in [5.74, 6) is -10.0. The molecule has 0 aliphatic carbocycles. The monoisotopic (exact) mass is 304 g/mol. The third-order valence-corrected chi connectivity index (χ3v) is 3.37. The molecule has 2 rings (SSSR count). The van der Waals surface area contributed by atoms with E-state index in [1.165, 1.54) is 11.4 Å². The van der Waals surface area contributed by atoms with Gasteiger partial charge >= 0.3 is 0 Å². The van der Waals surface area contributed by atoms with Crippen molar-refractivity contribution in [2.75, 3.05) is 5.32 Å². The smallest absolute Gasteiger partial charge is 0.200 e. The molecule has 0 saturated heterocycles. The highest BCUT2D eigenvalue weighted by Crippen LogP contribution is 2.28. The molecule has 2 aromatic rings. The molecule has 0 atom stereocenters. The average molecular weight is 304 g/mol. The second-order valence-corrected chi connectivity index (χ2v) is 4.71. The van der Waals surface area contributed by atoms with Crippen molar-refractivity contribution in [2.45, 2.75) is 6.54 Å². The minimum atomic E-state index is -2.20. The maximum atomic E-state index is 13.3. The van der Waals surface area contributed by atoms with Crippen LogP contribution in [0.15, 0.2) is 11.4 Å². The summed E-state index contributed by atoms with van der Waals surface area (Å²) in [6.07, 6.45) is 0. The van der Waals surface area contributed by atoms with Gasteiger partial charge in [0.15, 0.2) is 23.3 Å². The fourth-order valence-corrected chi connectivity index (χ4v) is 2.22. The number of halogens is 5. The van der Waals surface area contributed by atoms with Gasteiger partial charge in [-0.3, -0.25) is 0 Å². The Bertz CT molecular complexity index is 676. The highest BCUT2D eigenvalue weighted by molar-refractivity contribution is 7.10. The molecule has 20 heavy (non-hydrogen) atoms. The molecule has 1 aromatic carbocycles. The molecule has 0 saturated carbocycles. The number of nitrogens with zero attached hydrogens (tertiary/aromatic N) is 1. The van der Waals surface area contributed by atoms with Gasteiger partial charge in [-0.2, -0.15) is 5.26 Å². The van der Waals surface area contributed by atoms with E-state index in [1.54, 1.807) is 0 Å². The zero-order valence-corrected chi connectivity index (χ0v) is 10.4. The Labute approximate surface area is 114 Å². The molecule has 104 valence electrons. The van der Waals surface area contributed by atoms with Gasteiger partial charge in [0.05, 0.1) is 5.56 Å². The van der Waals surface area contributed by atoms with Gasteiger partial charge in [0.25, 0.3) is 0 Å². The standard InChI is InChI=1S/C12H5F5N2S/c13-7-8(14)10(16)12(11(17)9(7)15)19-3-6-1-5(2-18)4-20-6/h1,4,19H,3H2. The van der Waals surface area contributed by atoms with Crippen LogP contribution in [0.3, 0.4) is 0 Å². The van der Waals surface area contributed by atoms with Crippen molar-refractivity contribution < 1.29 is 22.0 Å². The predicted molar refractivity (Wildman–Crippen MR) is 62.6 cm³/mol. The third kappa shape index (κ3) is 2.44. The topological polar surface area (TPSA) is 35.8 Å². The van der Waals surface area contributed by atoms with Crippen LogP contribution in [0, 0.1) is 40.4 Å². The lowest BCUT2D eigenvalue weighted by Gasteiger charge is -2.09. The van der Waals surface area contributed by atoms with Crippen LogP contribution >= 0.6 is 11.3 Å². The molecule has 0 aliphatic heterocycles. The van der Waals surface area contributed by atoms with Crippen LogP contribution in [0.25, 0.3) is 0 Å². The van der Waals surface area contributed by atoms with Crippen LogP contribution in [0.4, 0.5) is 27.6 Å². The number of hydrogen-bond acceptors (Lipinski definition) is 3. The number of anilines is 1. The summed E-state index contributed by atoms with van der Waals surface area (Å²) >= 11 is 1.13. The summed E-state index contributed by atoms with van der Waals surface area (Å²) in [7, 11) is 0. The Morgan fingerprint density at radius 3 is 2.05 bits per heavy atom. The zero-order valence-electron chi connectivity index (χ0n) is 9.61. The second kappa shape index (κ2) is 5.46. The van der Waals surface area contributed by atoms with Gasteiger partial charge in [0.2, 0.25) is 5.82 Å². The lowest BCUT2D eigenvalue weighted by atomic mass is 10.2. The molecular formula is C12H5F5N2S. The van der Waals surface area contributed by atoms with E-state index in [0.29, 0.717) is 10.4 Å². The maximum absolute atomic E-state index is 13.3. The second-order valence-electron chi connectivity index (χ2n) is 3.71. The minimum absolute atomic E-state index is 0.162. The average Bonchev–Trinajstić information content (AvgIpc) is 2.91. The van der Waals surface area contributed by atoms with Crippen molar-refractivity contribution in [3.63, 3.8) is 0 Å². The molecule has 1 aromatic heterocycles. The first-order chi connectivity index (χ1) is 9.45. The summed E-state index contributed by atoms with van der Waals surface area (Å²) in [6, 6.07) is 3.31. The molecule has 0 spiro atoms. The summed E-state index contributed by atoms with van der Waals surface area (Å²) in [5, 5.41) is 12.3. The number of nitriles is 1. The highest BCUT2D eigenvalue weighted by Gasteiger charge is 2.25. The van der Waals surface area contributed by atoms with Crippen molar-refractivity contribution in [3.8, 4) is 6.07 Å². The van der Waals surface area contributed by atoms with Gasteiger partial charge in [-0.25, -0.2) is 22.0 Å². The van der Waals surface area contributed by atoms with Gasteiger partial charge in [0, 0.05) is 16.8 Å². The van der Waals surface area contributed by atoms with E-state index in [9.17, 15) is 22.0 Å². The minimum Gasteiger partial charge on any atom is -0.375 e. The number of thiophene rings is 1. The Kier molecular flexibility index (Phi) is 3.90. The van der Waals surface area contributed by atoms with E-state index >= 15 is 0 Å². The van der Waals surface area contributed by atoms with Gasteiger partial charge in [-0.1, -0.05) is 0 Å². The largest absolute Gasteiger partial charge is 0.375 e. The number of nitrogens with one attached hydrogen (secondary N) is 1. The molecule has 0 aliphatic rings. The summed E-state index contributed by atoms with van der Waals surface area (Å²) in [4.78, 5) is 0.519. The normalized spacial score (nSPS) is 10.4. The van der Waals surface area contributed by atoms with Gasteiger partial charge < -0.3 is 5.32 Å². The third-order valence-electron chi connectivity index (χ3n) is 2.43. The Balaban J connectivity index is 2.28. The lowest BCUT2D eigenvalue weighted by Crippen LogP contribution is -2.09. The quantitative estimate of drug-likeness (QED) is 0.530. The first-order valence-corrected chi connectivity index (χ1v) is 6.06. The molecule has 0 amide bonds. The molecule has 8 heteroatoms. The first kappa shape index (κ1) is 14.3. The van der Waals surface area contributed by atoms with Crippen LogP contribution in [0.1, 0.15) is 10.4 Å². The number of benzene rings is 1. The van der Waals surface area contributed by atoms with E-state index in [2.05, 4.69) is 5.32 Å². The van der Waals surface area contributed by atoms with E-state index < -0.39 is 34.8 Å². The lowest BCUT2D eigenvalue weighted by molar-refractivity contribution is 0.381. The number of rotatable bonds is 3. The summed E-state index contributed by atoms with van der Waals surface area (Å²) in [5.41, 5.74) is -0.738. The Morgan fingerprint density at radius 1 is 1.00 bits per heavy atom. The molecular weight excluding hydrogens is 299 g/mol. The van der Waals surface area contributed by atoms with Crippen molar-refractivity contribution in [1.82, 2.24) is 0 Å². The maximum Gasteiger partial charge on any atom is 0.200 e. The molecule has 1 N–H and O–H groups in total. The highest BCUT2D eigenvalue weighted by atomic mass is 32.1. The van der Waals surface area contributed by atoms with E-state index in [-0.39, 0.29) is 6.54 Å². The summed E-state index contributed by atoms with van der Waals surface area (Å²) in [6.45, 7) is -0.162. The molecule has 0 unspecified atom stereocenters. The number of hydrogen-bond donors (Lipinski definition) is 1. The van der Waals surface area contributed by atoms with Crippen LogP contribution in [-0.2, 0) is 6.54 Å². The SMILES string of the molecule is N#Cc1csc(CNc2c(F)c(F)c(F)c(F)c2F)c1. The molecule has 0 bridgehead atoms. The van der Waals surface area contributed by atoms with E-state index in [0.717, 1.165) is 11.3 Å².